The van der Waals surface area contributed by atoms with Crippen molar-refractivity contribution in [2.24, 2.45) is 10.4 Å². The highest BCUT2D eigenvalue weighted by Gasteiger charge is 2.41. The van der Waals surface area contributed by atoms with Crippen LogP contribution in [-0.4, -0.2) is 37.3 Å². The summed E-state index contributed by atoms with van der Waals surface area (Å²) < 4.78 is 13.1. The highest BCUT2D eigenvalue weighted by atomic mass is 127. The van der Waals surface area contributed by atoms with Crippen molar-refractivity contribution < 1.29 is 9.50 Å². The first-order valence-corrected chi connectivity index (χ1v) is 7.55. The molecule has 0 saturated heterocycles. The van der Waals surface area contributed by atoms with E-state index in [1.54, 1.807) is 12.1 Å². The van der Waals surface area contributed by atoms with Gasteiger partial charge in [0.1, 0.15) is 5.82 Å². The topological polar surface area (TPSA) is 56.7 Å². The Hall–Kier alpha value is -0.890. The zero-order chi connectivity index (χ0) is 15.1. The van der Waals surface area contributed by atoms with E-state index in [1.807, 2.05) is 13.0 Å². The molecule has 0 aliphatic heterocycles. The van der Waals surface area contributed by atoms with Gasteiger partial charge in [0.15, 0.2) is 5.96 Å². The molecule has 2 rings (SSSR count). The van der Waals surface area contributed by atoms with Crippen LogP contribution in [0, 0.1) is 11.2 Å². The smallest absolute Gasteiger partial charge is 0.191 e. The molecule has 1 aromatic carbocycles. The number of nitrogens with zero attached hydrogens (tertiary/aromatic N) is 1. The summed E-state index contributed by atoms with van der Waals surface area (Å²) in [5.74, 6) is 0.556. The van der Waals surface area contributed by atoms with Gasteiger partial charge in [-0.1, -0.05) is 12.1 Å². The van der Waals surface area contributed by atoms with Crippen LogP contribution in [0.5, 0.6) is 0 Å². The lowest BCUT2D eigenvalue weighted by Gasteiger charge is -2.13. The van der Waals surface area contributed by atoms with Crippen molar-refractivity contribution in [3.8, 4) is 0 Å². The third kappa shape index (κ3) is 6.08. The van der Waals surface area contributed by atoms with Crippen LogP contribution in [0.3, 0.4) is 0 Å². The molecule has 0 radical (unpaired) electrons. The molecule has 0 aromatic heterocycles. The Bertz CT molecular complexity index is 492. The monoisotopic (exact) mass is 421 g/mol. The molecule has 0 amide bonds. The number of halogens is 2. The fourth-order valence-electron chi connectivity index (χ4n) is 2.15. The van der Waals surface area contributed by atoms with Gasteiger partial charge in [-0.15, -0.1) is 24.0 Å². The Morgan fingerprint density at radius 2 is 2.14 bits per heavy atom. The molecule has 0 bridgehead atoms. The molecule has 22 heavy (non-hydrogen) atoms. The van der Waals surface area contributed by atoms with E-state index >= 15 is 0 Å². The first-order valence-electron chi connectivity index (χ1n) is 7.55. The van der Waals surface area contributed by atoms with Gasteiger partial charge in [0.2, 0.25) is 0 Å². The average molecular weight is 421 g/mol. The summed E-state index contributed by atoms with van der Waals surface area (Å²) in [6.45, 7) is 4.36. The first kappa shape index (κ1) is 19.2. The van der Waals surface area contributed by atoms with Crippen LogP contribution in [0.25, 0.3) is 0 Å². The van der Waals surface area contributed by atoms with Gasteiger partial charge in [-0.2, -0.15) is 0 Å². The van der Waals surface area contributed by atoms with Gasteiger partial charge in [-0.05, 0) is 43.9 Å². The summed E-state index contributed by atoms with van der Waals surface area (Å²) in [6, 6.07) is 6.64. The van der Waals surface area contributed by atoms with Gasteiger partial charge < -0.3 is 15.7 Å². The Morgan fingerprint density at radius 3 is 2.73 bits per heavy atom. The van der Waals surface area contributed by atoms with Crippen molar-refractivity contribution in [2.45, 2.75) is 26.2 Å². The van der Waals surface area contributed by atoms with E-state index < -0.39 is 0 Å². The number of hydrogen-bond donors (Lipinski definition) is 3. The molecule has 1 aliphatic rings. The predicted octanol–water partition coefficient (Wildman–Crippen LogP) is 2.31. The number of hydrogen-bond acceptors (Lipinski definition) is 2. The molecule has 4 nitrogen and oxygen atoms in total. The number of guanidine groups is 1. The highest BCUT2D eigenvalue weighted by molar-refractivity contribution is 14.0. The van der Waals surface area contributed by atoms with E-state index in [1.165, 1.54) is 6.07 Å². The van der Waals surface area contributed by atoms with Crippen LogP contribution in [0.4, 0.5) is 4.39 Å². The molecule has 0 unspecified atom stereocenters. The predicted molar refractivity (Wildman–Crippen MR) is 98.3 cm³/mol. The lowest BCUT2D eigenvalue weighted by molar-refractivity contribution is 0.217. The molecule has 1 fully saturated rings. The Balaban J connectivity index is 0.00000242. The minimum atomic E-state index is -0.202. The molecule has 0 atom stereocenters. The van der Waals surface area contributed by atoms with E-state index in [2.05, 4.69) is 15.6 Å². The summed E-state index contributed by atoms with van der Waals surface area (Å²) in [4.78, 5) is 4.53. The molecular formula is C16H25FIN3O. The highest BCUT2D eigenvalue weighted by Crippen LogP contribution is 2.45. The Morgan fingerprint density at radius 1 is 1.36 bits per heavy atom. The first-order chi connectivity index (χ1) is 10.2. The van der Waals surface area contributed by atoms with E-state index in [-0.39, 0.29) is 41.8 Å². The number of aliphatic hydroxyl groups excluding tert-OH is 1. The Kier molecular flexibility index (Phi) is 8.09. The van der Waals surface area contributed by atoms with Crippen molar-refractivity contribution in [1.29, 1.82) is 0 Å². The van der Waals surface area contributed by atoms with Crippen LogP contribution >= 0.6 is 24.0 Å². The zero-order valence-electron chi connectivity index (χ0n) is 12.9. The molecule has 0 heterocycles. The van der Waals surface area contributed by atoms with Crippen molar-refractivity contribution >= 4 is 29.9 Å². The standard InChI is InChI=1S/C16H24FN3O.HI/c1-2-18-15(20-11-16(12-21)7-8-16)19-9-6-13-4-3-5-14(17)10-13;/h3-5,10,21H,2,6-9,11-12H2,1H3,(H2,18,19,20);1H. The number of benzene rings is 1. The normalized spacial score (nSPS) is 15.9. The second-order valence-electron chi connectivity index (χ2n) is 5.66. The third-order valence-corrected chi connectivity index (χ3v) is 3.80. The molecule has 1 aromatic rings. The number of aliphatic imine (C=N–C) groups is 1. The number of nitrogens with one attached hydrogen (secondary N) is 2. The fraction of sp³-hybridized carbons (Fsp3) is 0.562. The van der Waals surface area contributed by atoms with Gasteiger partial charge in [0.25, 0.3) is 0 Å². The van der Waals surface area contributed by atoms with Crippen LogP contribution in [0.2, 0.25) is 0 Å². The van der Waals surface area contributed by atoms with Gasteiger partial charge in [-0.3, -0.25) is 4.99 Å². The maximum absolute atomic E-state index is 13.1. The lowest BCUT2D eigenvalue weighted by Crippen LogP contribution is -2.38. The van der Waals surface area contributed by atoms with E-state index in [4.69, 9.17) is 0 Å². The zero-order valence-corrected chi connectivity index (χ0v) is 15.3. The van der Waals surface area contributed by atoms with Crippen LogP contribution in [-0.2, 0) is 6.42 Å². The minimum absolute atomic E-state index is 0. The quantitative estimate of drug-likeness (QED) is 0.360. The second kappa shape index (κ2) is 9.29. The molecule has 1 saturated carbocycles. The largest absolute Gasteiger partial charge is 0.396 e. The van der Waals surface area contributed by atoms with Crippen molar-refractivity contribution in [1.82, 2.24) is 10.6 Å². The van der Waals surface area contributed by atoms with E-state index in [0.29, 0.717) is 13.1 Å². The average Bonchev–Trinajstić information content (AvgIpc) is 3.25. The van der Waals surface area contributed by atoms with Crippen LogP contribution in [0.15, 0.2) is 29.3 Å². The summed E-state index contributed by atoms with van der Waals surface area (Å²) >= 11 is 0. The van der Waals surface area contributed by atoms with Gasteiger partial charge in [0.05, 0.1) is 13.2 Å². The van der Waals surface area contributed by atoms with Crippen molar-refractivity contribution in [3.63, 3.8) is 0 Å². The summed E-state index contributed by atoms with van der Waals surface area (Å²) in [6.07, 6.45) is 2.85. The second-order valence-corrected chi connectivity index (χ2v) is 5.66. The Labute approximate surface area is 148 Å². The maximum atomic E-state index is 13.1. The summed E-state index contributed by atoms with van der Waals surface area (Å²) in [7, 11) is 0. The van der Waals surface area contributed by atoms with E-state index in [9.17, 15) is 9.50 Å². The SMILES string of the molecule is CCNC(=NCC1(CO)CC1)NCCc1cccc(F)c1.I. The molecule has 124 valence electrons. The van der Waals surface area contributed by atoms with Crippen molar-refractivity contribution in [2.75, 3.05) is 26.2 Å². The molecule has 1 aliphatic carbocycles. The lowest BCUT2D eigenvalue weighted by atomic mass is 10.1. The number of aliphatic hydroxyl groups is 1. The minimum Gasteiger partial charge on any atom is -0.396 e. The van der Waals surface area contributed by atoms with Crippen molar-refractivity contribution in [3.05, 3.63) is 35.6 Å². The van der Waals surface area contributed by atoms with Gasteiger partial charge in [-0.25, -0.2) is 4.39 Å². The maximum Gasteiger partial charge on any atom is 0.191 e. The van der Waals surface area contributed by atoms with Crippen LogP contribution in [0.1, 0.15) is 25.3 Å². The fourth-order valence-corrected chi connectivity index (χ4v) is 2.15. The molecular weight excluding hydrogens is 396 g/mol. The van der Waals surface area contributed by atoms with Gasteiger partial charge >= 0.3 is 0 Å². The molecule has 3 N–H and O–H groups in total. The molecule has 6 heteroatoms. The third-order valence-electron chi connectivity index (χ3n) is 3.80. The van der Waals surface area contributed by atoms with Crippen LogP contribution < -0.4 is 10.6 Å². The van der Waals surface area contributed by atoms with E-state index in [0.717, 1.165) is 37.3 Å². The van der Waals surface area contributed by atoms with Gasteiger partial charge in [0, 0.05) is 18.5 Å². The molecule has 0 spiro atoms. The summed E-state index contributed by atoms with van der Waals surface area (Å²) in [5, 5.41) is 15.7. The number of rotatable bonds is 7. The summed E-state index contributed by atoms with van der Waals surface area (Å²) in [5.41, 5.74) is 0.984.